The van der Waals surface area contributed by atoms with E-state index in [4.69, 9.17) is 9.78 Å². The zero-order valence-electron chi connectivity index (χ0n) is 8.16. The molecule has 0 saturated carbocycles. The molecule has 0 amide bonds. The molecule has 2 rings (SSSR count). The monoisotopic (exact) mass is 220 g/mol. The van der Waals surface area contributed by atoms with Crippen molar-refractivity contribution >= 4 is 0 Å². The van der Waals surface area contributed by atoms with Crippen molar-refractivity contribution < 1.29 is 9.63 Å². The van der Waals surface area contributed by atoms with E-state index in [1.165, 1.54) is 6.20 Å². The fraction of sp³-hybridized carbons (Fsp3) is 0.375. The molecule has 0 saturated heterocycles. The van der Waals surface area contributed by atoms with Crippen LogP contribution in [0, 0.1) is 11.3 Å². The molecule has 2 aromatic rings. The van der Waals surface area contributed by atoms with Crippen molar-refractivity contribution in [2.75, 3.05) is 0 Å². The second-order valence-corrected chi connectivity index (χ2v) is 3.09. The number of aromatic nitrogens is 5. The number of nitriles is 1. The van der Waals surface area contributed by atoms with E-state index in [0.717, 1.165) is 0 Å². The number of aliphatic hydroxyl groups is 1. The van der Waals surface area contributed by atoms with Crippen LogP contribution in [0.2, 0.25) is 0 Å². The minimum Gasteiger partial charge on any atom is -0.392 e. The summed E-state index contributed by atoms with van der Waals surface area (Å²) in [4.78, 5) is 4.01. The topological polar surface area (TPSA) is 125 Å². The summed E-state index contributed by atoms with van der Waals surface area (Å²) in [7, 11) is 0. The second kappa shape index (κ2) is 4.50. The van der Waals surface area contributed by atoms with Crippen molar-refractivity contribution in [1.29, 1.82) is 5.26 Å². The van der Waals surface area contributed by atoms with Crippen molar-refractivity contribution in [3.05, 3.63) is 12.1 Å². The number of hydrogen-bond acceptors (Lipinski definition) is 7. The molecule has 2 N–H and O–H groups in total. The van der Waals surface area contributed by atoms with Crippen LogP contribution in [0.4, 0.5) is 0 Å². The molecule has 1 unspecified atom stereocenters. The number of aromatic amines is 1. The lowest BCUT2D eigenvalue weighted by Crippen LogP contribution is -2.09. The highest BCUT2D eigenvalue weighted by atomic mass is 16.5. The molecular weight excluding hydrogens is 212 g/mol. The molecule has 2 aromatic heterocycles. The van der Waals surface area contributed by atoms with Crippen molar-refractivity contribution in [3.8, 4) is 17.6 Å². The van der Waals surface area contributed by atoms with Crippen molar-refractivity contribution in [2.45, 2.75) is 18.9 Å². The van der Waals surface area contributed by atoms with E-state index in [9.17, 15) is 5.11 Å². The van der Waals surface area contributed by atoms with Crippen LogP contribution in [0.25, 0.3) is 11.5 Å². The molecular formula is C8H8N6O2. The van der Waals surface area contributed by atoms with Gasteiger partial charge in [-0.3, -0.25) is 0 Å². The van der Waals surface area contributed by atoms with Gasteiger partial charge in [-0.25, -0.2) is 0 Å². The zero-order chi connectivity index (χ0) is 11.4. The van der Waals surface area contributed by atoms with Crippen LogP contribution in [0.3, 0.4) is 0 Å². The van der Waals surface area contributed by atoms with Gasteiger partial charge in [-0.15, -0.1) is 0 Å². The number of hydrogen-bond donors (Lipinski definition) is 2. The predicted octanol–water partition coefficient (Wildman–Crippen LogP) is -0.328. The average Bonchev–Trinajstić information content (AvgIpc) is 2.86. The number of nitrogens with one attached hydrogen (secondary N) is 1. The van der Waals surface area contributed by atoms with Crippen LogP contribution in [-0.4, -0.2) is 36.8 Å². The molecule has 0 fully saturated rings. The maximum absolute atomic E-state index is 9.36. The van der Waals surface area contributed by atoms with Crippen molar-refractivity contribution in [1.82, 2.24) is 25.6 Å². The molecule has 0 aliphatic heterocycles. The third kappa shape index (κ3) is 2.21. The van der Waals surface area contributed by atoms with Crippen LogP contribution in [0.15, 0.2) is 10.7 Å². The highest BCUT2D eigenvalue weighted by molar-refractivity contribution is 5.44. The minimum absolute atomic E-state index is 0.0294. The third-order valence-electron chi connectivity index (χ3n) is 1.85. The van der Waals surface area contributed by atoms with Crippen molar-refractivity contribution in [2.24, 2.45) is 0 Å². The standard InChI is InChI=1S/C8H8N6O2/c9-2-1-5(15)3-7-11-8(13-16-7)6-4-10-14-12-6/h4-5,15H,1,3H2,(H,10,12,14). The van der Waals surface area contributed by atoms with E-state index < -0.39 is 6.10 Å². The van der Waals surface area contributed by atoms with E-state index in [1.54, 1.807) is 0 Å². The molecule has 1 atom stereocenters. The summed E-state index contributed by atoms with van der Waals surface area (Å²) in [6.07, 6.45) is 0.844. The quantitative estimate of drug-likeness (QED) is 0.722. The van der Waals surface area contributed by atoms with Gasteiger partial charge >= 0.3 is 0 Å². The van der Waals surface area contributed by atoms with Gasteiger partial charge in [0, 0.05) is 0 Å². The Labute approximate surface area is 89.9 Å². The molecule has 0 aromatic carbocycles. The fourth-order valence-corrected chi connectivity index (χ4v) is 1.13. The summed E-state index contributed by atoms with van der Waals surface area (Å²) >= 11 is 0. The molecule has 0 spiro atoms. The lowest BCUT2D eigenvalue weighted by Gasteiger charge is -1.99. The first-order valence-corrected chi connectivity index (χ1v) is 4.53. The van der Waals surface area contributed by atoms with E-state index in [0.29, 0.717) is 11.5 Å². The average molecular weight is 220 g/mol. The fourth-order valence-electron chi connectivity index (χ4n) is 1.13. The van der Waals surface area contributed by atoms with E-state index >= 15 is 0 Å². The normalized spacial score (nSPS) is 12.2. The minimum atomic E-state index is -0.796. The van der Waals surface area contributed by atoms with Crippen molar-refractivity contribution in [3.63, 3.8) is 0 Å². The highest BCUT2D eigenvalue weighted by Crippen LogP contribution is 2.11. The van der Waals surface area contributed by atoms with Gasteiger partial charge in [0.05, 0.1) is 31.2 Å². The Morgan fingerprint density at radius 1 is 1.62 bits per heavy atom. The van der Waals surface area contributed by atoms with Gasteiger partial charge in [-0.05, 0) is 0 Å². The number of rotatable bonds is 4. The Bertz CT molecular complexity index is 485. The Morgan fingerprint density at radius 2 is 2.50 bits per heavy atom. The Hall–Kier alpha value is -2.27. The third-order valence-corrected chi connectivity index (χ3v) is 1.85. The van der Waals surface area contributed by atoms with E-state index in [-0.39, 0.29) is 18.7 Å². The Balaban J connectivity index is 2.06. The van der Waals surface area contributed by atoms with Gasteiger partial charge in [0.25, 0.3) is 0 Å². The maximum atomic E-state index is 9.36. The second-order valence-electron chi connectivity index (χ2n) is 3.09. The number of H-pyrrole nitrogens is 1. The summed E-state index contributed by atoms with van der Waals surface area (Å²) < 4.78 is 4.89. The molecule has 16 heavy (non-hydrogen) atoms. The van der Waals surface area contributed by atoms with Crippen LogP contribution in [-0.2, 0) is 6.42 Å². The van der Waals surface area contributed by atoms with Gasteiger partial charge in [0.2, 0.25) is 11.7 Å². The summed E-state index contributed by atoms with van der Waals surface area (Å²) in [6.45, 7) is 0. The predicted molar refractivity (Wildman–Crippen MR) is 49.6 cm³/mol. The largest absolute Gasteiger partial charge is 0.392 e. The molecule has 8 heteroatoms. The summed E-state index contributed by atoms with van der Waals surface area (Å²) in [6, 6.07) is 1.85. The number of aliphatic hydroxyl groups excluding tert-OH is 1. The highest BCUT2D eigenvalue weighted by Gasteiger charge is 2.14. The molecule has 0 aliphatic carbocycles. The molecule has 82 valence electrons. The maximum Gasteiger partial charge on any atom is 0.229 e. The lowest BCUT2D eigenvalue weighted by atomic mass is 10.2. The van der Waals surface area contributed by atoms with Crippen LogP contribution in [0.1, 0.15) is 12.3 Å². The Kier molecular flexibility index (Phi) is 2.88. The van der Waals surface area contributed by atoms with Crippen LogP contribution in [0.5, 0.6) is 0 Å². The van der Waals surface area contributed by atoms with Gasteiger partial charge < -0.3 is 9.63 Å². The first-order valence-electron chi connectivity index (χ1n) is 4.53. The molecule has 8 nitrogen and oxygen atoms in total. The zero-order valence-corrected chi connectivity index (χ0v) is 8.16. The van der Waals surface area contributed by atoms with Crippen LogP contribution < -0.4 is 0 Å². The first kappa shape index (κ1) is 10.3. The summed E-state index contributed by atoms with van der Waals surface area (Å²) in [5.74, 6) is 0.564. The number of nitrogens with zero attached hydrogens (tertiary/aromatic N) is 5. The van der Waals surface area contributed by atoms with Gasteiger partial charge in [0.1, 0.15) is 0 Å². The molecule has 0 radical (unpaired) electrons. The molecule has 0 bridgehead atoms. The van der Waals surface area contributed by atoms with E-state index in [2.05, 4.69) is 25.6 Å². The van der Waals surface area contributed by atoms with Crippen LogP contribution >= 0.6 is 0 Å². The molecule has 2 heterocycles. The van der Waals surface area contributed by atoms with Gasteiger partial charge in [-0.1, -0.05) is 5.16 Å². The first-order chi connectivity index (χ1) is 7.79. The van der Waals surface area contributed by atoms with Gasteiger partial charge in [-0.2, -0.15) is 25.7 Å². The smallest absolute Gasteiger partial charge is 0.229 e. The molecule has 0 aliphatic rings. The SMILES string of the molecule is N#CCC(O)Cc1nc(-c2cn[nH]n2)no1. The summed E-state index contributed by atoms with van der Waals surface area (Å²) in [5, 5.41) is 31.2. The van der Waals surface area contributed by atoms with E-state index in [1.807, 2.05) is 6.07 Å². The summed E-state index contributed by atoms with van der Waals surface area (Å²) in [5.41, 5.74) is 0.463. The lowest BCUT2D eigenvalue weighted by molar-refractivity contribution is 0.167. The Morgan fingerprint density at radius 3 is 3.19 bits per heavy atom. The van der Waals surface area contributed by atoms with Gasteiger partial charge in [0.15, 0.2) is 5.69 Å².